The van der Waals surface area contributed by atoms with Gasteiger partial charge < -0.3 is 10.1 Å². The van der Waals surface area contributed by atoms with E-state index in [0.717, 1.165) is 0 Å². The van der Waals surface area contributed by atoms with E-state index in [4.69, 9.17) is 4.74 Å². The molecule has 0 bridgehead atoms. The third kappa shape index (κ3) is 4.28. The smallest absolute Gasteiger partial charge is 0.312 e. The lowest BCUT2D eigenvalue weighted by Gasteiger charge is -2.36. The number of carbonyl (C=O) groups excluding carboxylic acids is 2. The van der Waals surface area contributed by atoms with Crippen molar-refractivity contribution in [2.75, 3.05) is 19.6 Å². The van der Waals surface area contributed by atoms with Crippen LogP contribution in [0.4, 0.5) is 8.78 Å². The number of ether oxygens (including phenoxy) is 1. The van der Waals surface area contributed by atoms with Crippen molar-refractivity contribution >= 4 is 11.9 Å². The molecule has 8 heteroatoms. The summed E-state index contributed by atoms with van der Waals surface area (Å²) in [4.78, 5) is 24.2. The van der Waals surface area contributed by atoms with Crippen molar-refractivity contribution in [2.24, 2.45) is 5.41 Å². The number of alkyl halides is 2. The third-order valence-corrected chi connectivity index (χ3v) is 4.70. The van der Waals surface area contributed by atoms with Gasteiger partial charge in [-0.2, -0.15) is 0 Å². The van der Waals surface area contributed by atoms with Crippen molar-refractivity contribution in [3.8, 4) is 0 Å². The minimum Gasteiger partial charge on any atom is -0.460 e. The van der Waals surface area contributed by atoms with Gasteiger partial charge in [-0.3, -0.25) is 14.6 Å². The van der Waals surface area contributed by atoms with Gasteiger partial charge >= 0.3 is 5.97 Å². The maximum absolute atomic E-state index is 14.3. The molecule has 2 aliphatic heterocycles. The molecule has 2 saturated heterocycles. The largest absolute Gasteiger partial charge is 0.460 e. The lowest BCUT2D eigenvalue weighted by Crippen LogP contribution is -2.52. The van der Waals surface area contributed by atoms with E-state index in [9.17, 15) is 18.4 Å². The molecule has 0 radical (unpaired) electrons. The quantitative estimate of drug-likeness (QED) is 0.774. The van der Waals surface area contributed by atoms with Crippen LogP contribution in [0.5, 0.6) is 0 Å². The van der Waals surface area contributed by atoms with Crippen molar-refractivity contribution < 1.29 is 23.1 Å². The van der Waals surface area contributed by atoms with E-state index in [0.29, 0.717) is 6.42 Å². The average Bonchev–Trinajstić information content (AvgIpc) is 2.93. The summed E-state index contributed by atoms with van der Waals surface area (Å²) in [6, 6.07) is -1.52. The SMILES string of the molecule is CC(=O)N1CC2NCC(F)(F)C2N1CCC(C)(C)C(=O)OC(C)(C)C. The number of fused-ring (bicyclic) bond motifs is 1. The zero-order valence-corrected chi connectivity index (χ0v) is 15.9. The topological polar surface area (TPSA) is 61.9 Å². The van der Waals surface area contributed by atoms with Crippen LogP contribution in [-0.4, -0.2) is 65.1 Å². The molecule has 0 aliphatic carbocycles. The Morgan fingerprint density at radius 3 is 2.36 bits per heavy atom. The zero-order valence-electron chi connectivity index (χ0n) is 15.9. The molecule has 0 spiro atoms. The predicted octanol–water partition coefficient (Wildman–Crippen LogP) is 1.80. The van der Waals surface area contributed by atoms with Crippen LogP contribution >= 0.6 is 0 Å². The second kappa shape index (κ2) is 6.46. The number of amides is 1. The van der Waals surface area contributed by atoms with Crippen LogP contribution < -0.4 is 5.32 Å². The molecule has 0 saturated carbocycles. The fourth-order valence-electron chi connectivity index (χ4n) is 3.29. The first-order valence-corrected chi connectivity index (χ1v) is 8.64. The predicted molar refractivity (Wildman–Crippen MR) is 88.9 cm³/mol. The Morgan fingerprint density at radius 1 is 1.24 bits per heavy atom. The highest BCUT2D eigenvalue weighted by atomic mass is 19.3. The summed E-state index contributed by atoms with van der Waals surface area (Å²) in [6.45, 7) is 10.2. The van der Waals surface area contributed by atoms with Gasteiger partial charge in [-0.25, -0.2) is 13.8 Å². The number of halogens is 2. The highest BCUT2D eigenvalue weighted by molar-refractivity contribution is 5.76. The Bertz CT molecular complexity index is 546. The van der Waals surface area contributed by atoms with Gasteiger partial charge in [-0.05, 0) is 41.0 Å². The monoisotopic (exact) mass is 361 g/mol. The summed E-state index contributed by atoms with van der Waals surface area (Å²) in [5, 5.41) is 5.59. The van der Waals surface area contributed by atoms with E-state index >= 15 is 0 Å². The first-order chi connectivity index (χ1) is 11.2. The van der Waals surface area contributed by atoms with Gasteiger partial charge in [-0.1, -0.05) is 0 Å². The number of rotatable bonds is 4. The zero-order chi connectivity index (χ0) is 19.2. The number of esters is 1. The molecule has 0 aromatic rings. The molecule has 0 aromatic heterocycles. The van der Waals surface area contributed by atoms with Crippen LogP contribution in [0.1, 0.15) is 48.0 Å². The summed E-state index contributed by atoms with van der Waals surface area (Å²) < 4.78 is 33.9. The van der Waals surface area contributed by atoms with Crippen LogP contribution in [0.2, 0.25) is 0 Å². The molecule has 1 N–H and O–H groups in total. The molecular weight excluding hydrogens is 332 g/mol. The molecule has 2 fully saturated rings. The van der Waals surface area contributed by atoms with Gasteiger partial charge in [-0.15, -0.1) is 0 Å². The van der Waals surface area contributed by atoms with Crippen molar-refractivity contribution in [3.63, 3.8) is 0 Å². The third-order valence-electron chi connectivity index (χ3n) is 4.70. The van der Waals surface area contributed by atoms with E-state index in [2.05, 4.69) is 5.32 Å². The summed E-state index contributed by atoms with van der Waals surface area (Å²) in [5.41, 5.74) is -1.45. The number of nitrogens with zero attached hydrogens (tertiary/aromatic N) is 2. The minimum absolute atomic E-state index is 0.185. The molecule has 6 nitrogen and oxygen atoms in total. The van der Waals surface area contributed by atoms with E-state index < -0.39 is 29.0 Å². The van der Waals surface area contributed by atoms with E-state index in [1.54, 1.807) is 34.6 Å². The maximum atomic E-state index is 14.3. The van der Waals surface area contributed by atoms with E-state index in [1.165, 1.54) is 16.9 Å². The molecule has 2 aliphatic rings. The van der Waals surface area contributed by atoms with Gasteiger partial charge in [0.05, 0.1) is 18.5 Å². The molecule has 2 rings (SSSR count). The number of hydrogen-bond acceptors (Lipinski definition) is 5. The summed E-state index contributed by atoms with van der Waals surface area (Å²) in [6.07, 6.45) is 0.311. The van der Waals surface area contributed by atoms with Gasteiger partial charge in [0.25, 0.3) is 5.92 Å². The Labute approximate surface area is 147 Å². The van der Waals surface area contributed by atoms with Crippen LogP contribution in [0.15, 0.2) is 0 Å². The fourth-order valence-corrected chi connectivity index (χ4v) is 3.29. The number of hydrogen-bond donors (Lipinski definition) is 1. The van der Waals surface area contributed by atoms with E-state index in [1.807, 2.05) is 0 Å². The summed E-state index contributed by atoms with van der Waals surface area (Å²) in [5.74, 6) is -3.56. The van der Waals surface area contributed by atoms with E-state index in [-0.39, 0.29) is 31.5 Å². The molecule has 2 heterocycles. The van der Waals surface area contributed by atoms with Crippen molar-refractivity contribution in [3.05, 3.63) is 0 Å². The first kappa shape index (κ1) is 20.0. The second-order valence-electron chi connectivity index (χ2n) is 8.59. The molecule has 144 valence electrons. The Kier molecular flexibility index (Phi) is 5.18. The van der Waals surface area contributed by atoms with Crippen LogP contribution in [0.3, 0.4) is 0 Å². The van der Waals surface area contributed by atoms with Crippen LogP contribution in [0, 0.1) is 5.41 Å². The van der Waals surface area contributed by atoms with Crippen molar-refractivity contribution in [2.45, 2.75) is 71.6 Å². The van der Waals surface area contributed by atoms with Gasteiger partial charge in [0.1, 0.15) is 11.6 Å². The van der Waals surface area contributed by atoms with Crippen LogP contribution in [-0.2, 0) is 14.3 Å². The molecule has 2 unspecified atom stereocenters. The van der Waals surface area contributed by atoms with Gasteiger partial charge in [0.15, 0.2) is 0 Å². The number of carbonyl (C=O) groups is 2. The summed E-state index contributed by atoms with van der Waals surface area (Å²) >= 11 is 0. The fraction of sp³-hybridized carbons (Fsp3) is 0.882. The molecular formula is C17H29F2N3O3. The first-order valence-electron chi connectivity index (χ1n) is 8.64. The van der Waals surface area contributed by atoms with Gasteiger partial charge in [0.2, 0.25) is 5.91 Å². The molecule has 2 atom stereocenters. The molecule has 0 aromatic carbocycles. The maximum Gasteiger partial charge on any atom is 0.312 e. The highest BCUT2D eigenvalue weighted by Gasteiger charge is 2.59. The second-order valence-corrected chi connectivity index (χ2v) is 8.59. The normalized spacial score (nSPS) is 26.6. The van der Waals surface area contributed by atoms with Crippen molar-refractivity contribution in [1.29, 1.82) is 0 Å². The number of hydrazine groups is 1. The lowest BCUT2D eigenvalue weighted by atomic mass is 9.89. The molecule has 1 amide bonds. The lowest BCUT2D eigenvalue weighted by molar-refractivity contribution is -0.168. The van der Waals surface area contributed by atoms with Crippen LogP contribution in [0.25, 0.3) is 0 Å². The van der Waals surface area contributed by atoms with Gasteiger partial charge in [0, 0.05) is 19.5 Å². The van der Waals surface area contributed by atoms with Crippen molar-refractivity contribution in [1.82, 2.24) is 15.3 Å². The Balaban J connectivity index is 2.10. The standard InChI is InChI=1S/C17H29F2N3O3/c1-11(23)22-9-12-13(17(18,19)10-20-12)21(22)8-7-16(5,6)14(24)25-15(2,3)4/h12-13,20H,7-10H2,1-6H3. The number of nitrogens with one attached hydrogen (secondary N) is 1. The Morgan fingerprint density at radius 2 is 1.84 bits per heavy atom. The summed E-state index contributed by atoms with van der Waals surface area (Å²) in [7, 11) is 0. The average molecular weight is 361 g/mol. The minimum atomic E-state index is -2.91. The Hall–Kier alpha value is -1.28. The molecule has 25 heavy (non-hydrogen) atoms. The highest BCUT2D eigenvalue weighted by Crippen LogP contribution is 2.37.